The summed E-state index contributed by atoms with van der Waals surface area (Å²) in [5.74, 6) is 1.78. The Balaban J connectivity index is 2.16. The number of hydrogen-bond acceptors (Lipinski definition) is 3. The van der Waals surface area contributed by atoms with Crippen molar-refractivity contribution >= 4 is 0 Å². The lowest BCUT2D eigenvalue weighted by atomic mass is 9.99. The highest BCUT2D eigenvalue weighted by molar-refractivity contribution is 5.31. The zero-order valence-corrected chi connectivity index (χ0v) is 11.6. The Morgan fingerprint density at radius 1 is 1.44 bits per heavy atom. The molecule has 3 nitrogen and oxygen atoms in total. The molecule has 0 bridgehead atoms. The molecule has 0 radical (unpaired) electrons. The van der Waals surface area contributed by atoms with E-state index in [0.717, 1.165) is 18.2 Å². The third kappa shape index (κ3) is 3.24. The lowest BCUT2D eigenvalue weighted by Crippen LogP contribution is -2.38. The van der Waals surface area contributed by atoms with Crippen LogP contribution in [0.5, 0.6) is 5.75 Å². The molecule has 1 aromatic carbocycles. The number of nitrogens with zero attached hydrogens (tertiary/aromatic N) is 1. The molecule has 100 valence electrons. The minimum absolute atomic E-state index is 0.112. The zero-order chi connectivity index (χ0) is 13.1. The summed E-state index contributed by atoms with van der Waals surface area (Å²) in [5, 5.41) is 0. The van der Waals surface area contributed by atoms with Crippen LogP contribution >= 0.6 is 0 Å². The van der Waals surface area contributed by atoms with Gasteiger partial charge in [-0.2, -0.15) is 0 Å². The number of methoxy groups -OCH3 is 1. The van der Waals surface area contributed by atoms with E-state index >= 15 is 0 Å². The van der Waals surface area contributed by atoms with Crippen molar-refractivity contribution in [2.24, 2.45) is 11.7 Å². The first-order valence-corrected chi connectivity index (χ1v) is 6.71. The van der Waals surface area contributed by atoms with Crippen LogP contribution in [0.4, 0.5) is 0 Å². The fourth-order valence-electron chi connectivity index (χ4n) is 2.61. The second kappa shape index (κ2) is 5.72. The van der Waals surface area contributed by atoms with Gasteiger partial charge in [0.2, 0.25) is 0 Å². The second-order valence-electron chi connectivity index (χ2n) is 5.46. The maximum absolute atomic E-state index is 6.17. The Hall–Kier alpha value is -1.06. The van der Waals surface area contributed by atoms with Crippen molar-refractivity contribution < 1.29 is 4.74 Å². The molecule has 1 aliphatic rings. The van der Waals surface area contributed by atoms with Gasteiger partial charge >= 0.3 is 0 Å². The SMILES string of the molecule is COc1cccc(C(C(C)N)N(C)CC2CC2)c1. The normalized spacial score (nSPS) is 18.7. The fraction of sp³-hybridized carbons (Fsp3) is 0.600. The van der Waals surface area contributed by atoms with Crippen molar-refractivity contribution in [1.29, 1.82) is 0 Å². The van der Waals surface area contributed by atoms with Gasteiger partial charge in [-0.3, -0.25) is 4.90 Å². The summed E-state index contributed by atoms with van der Waals surface area (Å²) in [6, 6.07) is 8.62. The van der Waals surface area contributed by atoms with Gasteiger partial charge in [0, 0.05) is 18.6 Å². The molecule has 0 aliphatic heterocycles. The predicted octanol–water partition coefficient (Wildman–Crippen LogP) is 2.43. The van der Waals surface area contributed by atoms with Gasteiger partial charge in [-0.25, -0.2) is 0 Å². The molecule has 3 heteroatoms. The molecule has 18 heavy (non-hydrogen) atoms. The molecule has 1 fully saturated rings. The van der Waals surface area contributed by atoms with Crippen LogP contribution in [0.3, 0.4) is 0 Å². The number of hydrogen-bond donors (Lipinski definition) is 1. The molecule has 0 amide bonds. The molecule has 2 unspecified atom stereocenters. The van der Waals surface area contributed by atoms with Crippen LogP contribution in [0.1, 0.15) is 31.4 Å². The zero-order valence-electron chi connectivity index (χ0n) is 11.6. The van der Waals surface area contributed by atoms with Gasteiger partial charge in [0.25, 0.3) is 0 Å². The fourth-order valence-corrected chi connectivity index (χ4v) is 2.61. The lowest BCUT2D eigenvalue weighted by molar-refractivity contribution is 0.210. The monoisotopic (exact) mass is 248 g/mol. The number of rotatable bonds is 6. The Bertz CT molecular complexity index is 388. The topological polar surface area (TPSA) is 38.5 Å². The minimum atomic E-state index is 0.112. The molecule has 1 aliphatic carbocycles. The van der Waals surface area contributed by atoms with Crippen LogP contribution in [0.25, 0.3) is 0 Å². The predicted molar refractivity (Wildman–Crippen MR) is 74.7 cm³/mol. The van der Waals surface area contributed by atoms with Crippen molar-refractivity contribution in [3.05, 3.63) is 29.8 Å². The lowest BCUT2D eigenvalue weighted by Gasteiger charge is -2.31. The summed E-state index contributed by atoms with van der Waals surface area (Å²) in [4.78, 5) is 2.39. The average molecular weight is 248 g/mol. The smallest absolute Gasteiger partial charge is 0.119 e. The molecule has 0 saturated heterocycles. The van der Waals surface area contributed by atoms with E-state index in [4.69, 9.17) is 10.5 Å². The highest BCUT2D eigenvalue weighted by Crippen LogP contribution is 2.33. The molecule has 2 rings (SSSR count). The first kappa shape index (κ1) is 13.4. The van der Waals surface area contributed by atoms with Gasteiger partial charge in [0.15, 0.2) is 0 Å². The maximum Gasteiger partial charge on any atom is 0.119 e. The molecule has 1 aromatic rings. The number of likely N-dealkylation sites (N-methyl/N-ethyl adjacent to an activating group) is 1. The summed E-state index contributed by atoms with van der Waals surface area (Å²) in [7, 11) is 3.87. The number of benzene rings is 1. The standard InChI is InChI=1S/C15H24N2O/c1-11(16)15(17(2)10-12-7-8-12)13-5-4-6-14(9-13)18-3/h4-6,9,11-12,15H,7-8,10,16H2,1-3H3. The minimum Gasteiger partial charge on any atom is -0.497 e. The highest BCUT2D eigenvalue weighted by atomic mass is 16.5. The van der Waals surface area contributed by atoms with E-state index in [2.05, 4.69) is 31.0 Å². The average Bonchev–Trinajstić information content (AvgIpc) is 3.13. The van der Waals surface area contributed by atoms with Crippen molar-refractivity contribution in [3.8, 4) is 5.75 Å². The van der Waals surface area contributed by atoms with Crippen molar-refractivity contribution in [2.45, 2.75) is 31.8 Å². The van der Waals surface area contributed by atoms with Crippen molar-refractivity contribution in [1.82, 2.24) is 4.90 Å². The van der Waals surface area contributed by atoms with E-state index in [9.17, 15) is 0 Å². The summed E-state index contributed by atoms with van der Waals surface area (Å²) in [6.07, 6.45) is 2.74. The van der Waals surface area contributed by atoms with E-state index in [1.807, 2.05) is 12.1 Å². The Kier molecular flexibility index (Phi) is 4.25. The molecular formula is C15H24N2O. The summed E-state index contributed by atoms with van der Waals surface area (Å²) >= 11 is 0. The third-order valence-corrected chi connectivity index (χ3v) is 3.65. The van der Waals surface area contributed by atoms with E-state index < -0.39 is 0 Å². The first-order chi connectivity index (χ1) is 8.61. The van der Waals surface area contributed by atoms with Gasteiger partial charge in [0.05, 0.1) is 7.11 Å². The first-order valence-electron chi connectivity index (χ1n) is 6.71. The van der Waals surface area contributed by atoms with E-state index in [-0.39, 0.29) is 12.1 Å². The molecule has 0 aromatic heterocycles. The van der Waals surface area contributed by atoms with Crippen LogP contribution in [0, 0.1) is 5.92 Å². The van der Waals surface area contributed by atoms with Crippen molar-refractivity contribution in [3.63, 3.8) is 0 Å². The van der Waals surface area contributed by atoms with E-state index in [1.165, 1.54) is 18.4 Å². The Morgan fingerprint density at radius 3 is 2.72 bits per heavy atom. The van der Waals surface area contributed by atoms with Crippen molar-refractivity contribution in [2.75, 3.05) is 20.7 Å². The molecular weight excluding hydrogens is 224 g/mol. The summed E-state index contributed by atoms with van der Waals surface area (Å²) in [6.45, 7) is 3.22. The molecule has 2 atom stereocenters. The van der Waals surface area contributed by atoms with Gasteiger partial charge in [-0.1, -0.05) is 12.1 Å². The maximum atomic E-state index is 6.17. The van der Waals surface area contributed by atoms with E-state index in [1.54, 1.807) is 7.11 Å². The molecule has 0 heterocycles. The van der Waals surface area contributed by atoms with Crippen LogP contribution in [0.2, 0.25) is 0 Å². The Morgan fingerprint density at radius 2 is 2.17 bits per heavy atom. The molecule has 1 saturated carbocycles. The third-order valence-electron chi connectivity index (χ3n) is 3.65. The van der Waals surface area contributed by atoms with E-state index in [0.29, 0.717) is 0 Å². The van der Waals surface area contributed by atoms with Gasteiger partial charge in [-0.15, -0.1) is 0 Å². The number of nitrogens with two attached hydrogens (primary N) is 1. The summed E-state index contributed by atoms with van der Waals surface area (Å²) < 4.78 is 5.30. The van der Waals surface area contributed by atoms with Gasteiger partial charge in [0.1, 0.15) is 5.75 Å². The largest absolute Gasteiger partial charge is 0.497 e. The van der Waals surface area contributed by atoms with Crippen LogP contribution in [-0.4, -0.2) is 31.6 Å². The van der Waals surface area contributed by atoms with Crippen LogP contribution < -0.4 is 10.5 Å². The summed E-state index contributed by atoms with van der Waals surface area (Å²) in [5.41, 5.74) is 7.42. The van der Waals surface area contributed by atoms with Crippen LogP contribution in [-0.2, 0) is 0 Å². The quantitative estimate of drug-likeness (QED) is 0.840. The van der Waals surface area contributed by atoms with Crippen LogP contribution in [0.15, 0.2) is 24.3 Å². The highest BCUT2D eigenvalue weighted by Gasteiger charge is 2.28. The van der Waals surface area contributed by atoms with Gasteiger partial charge < -0.3 is 10.5 Å². The Labute approximate surface area is 110 Å². The second-order valence-corrected chi connectivity index (χ2v) is 5.46. The van der Waals surface area contributed by atoms with Gasteiger partial charge in [-0.05, 0) is 50.4 Å². The number of ether oxygens (including phenoxy) is 1. The molecule has 0 spiro atoms. The molecule has 2 N–H and O–H groups in total.